The van der Waals surface area contributed by atoms with Crippen LogP contribution in [0.4, 0.5) is 4.79 Å². The van der Waals surface area contributed by atoms with E-state index in [-0.39, 0.29) is 6.03 Å². The van der Waals surface area contributed by atoms with E-state index in [4.69, 9.17) is 0 Å². The van der Waals surface area contributed by atoms with Crippen molar-refractivity contribution in [3.63, 3.8) is 0 Å². The summed E-state index contributed by atoms with van der Waals surface area (Å²) in [5.74, 6) is 0. The van der Waals surface area contributed by atoms with Gasteiger partial charge in [-0.25, -0.2) is 9.78 Å². The Kier molecular flexibility index (Phi) is 11.6. The maximum atomic E-state index is 11.8. The van der Waals surface area contributed by atoms with E-state index < -0.39 is 0 Å². The average Bonchev–Trinajstić information content (AvgIpc) is 3.16. The number of imidazole rings is 1. The summed E-state index contributed by atoms with van der Waals surface area (Å²) in [5, 5.41) is 2.86. The molecule has 0 saturated heterocycles. The third kappa shape index (κ3) is 11.4. The first-order chi connectivity index (χ1) is 13.4. The summed E-state index contributed by atoms with van der Waals surface area (Å²) in [6.45, 7) is 11.4. The van der Waals surface area contributed by atoms with Crippen molar-refractivity contribution >= 4 is 6.03 Å². The maximum absolute atomic E-state index is 11.8. The van der Waals surface area contributed by atoms with Gasteiger partial charge >= 0.3 is 6.03 Å². The van der Waals surface area contributed by atoms with Gasteiger partial charge in [-0.05, 0) is 73.1 Å². The quantitative estimate of drug-likeness (QED) is 0.438. The molecule has 1 aromatic heterocycles. The van der Waals surface area contributed by atoms with E-state index in [9.17, 15) is 4.79 Å². The molecule has 1 amide bonds. The number of nitrogens with zero attached hydrogens (tertiary/aromatic N) is 2. The molecule has 0 aromatic carbocycles. The van der Waals surface area contributed by atoms with Crippen LogP contribution in [0, 0.1) is 0 Å². The largest absolute Gasteiger partial charge is 0.334 e. The van der Waals surface area contributed by atoms with Crippen LogP contribution in [-0.2, 0) is 0 Å². The van der Waals surface area contributed by atoms with Gasteiger partial charge in [0.1, 0.15) is 6.33 Å². The number of rotatable bonds is 11. The fraction of sp³-hybridized carbons (Fsp3) is 0.500. The standard InChI is InChI=1S/C24H37N3O/c1-20(2)9-6-10-21(3)11-7-12-22(4)13-8-14-23(5)15-16-26-24(28)27-18-17-25-19-27/h9,11,13,15,17-19H,6-8,10,12,14,16H2,1-5H3,(H,26,28)/b21-11+,22-13+,23-15+. The van der Waals surface area contributed by atoms with E-state index in [1.165, 1.54) is 33.2 Å². The summed E-state index contributed by atoms with van der Waals surface area (Å²) in [5.41, 5.74) is 5.64. The Hall–Kier alpha value is -2.36. The number of allylic oxidation sites excluding steroid dienone is 7. The lowest BCUT2D eigenvalue weighted by molar-refractivity contribution is 0.243. The van der Waals surface area contributed by atoms with Gasteiger partial charge in [-0.1, -0.05) is 46.6 Å². The van der Waals surface area contributed by atoms with Crippen molar-refractivity contribution < 1.29 is 4.79 Å². The first-order valence-electron chi connectivity index (χ1n) is 10.2. The molecule has 1 N–H and O–H groups in total. The van der Waals surface area contributed by atoms with Crippen LogP contribution < -0.4 is 5.32 Å². The lowest BCUT2D eigenvalue weighted by atomic mass is 10.0. The number of amides is 1. The summed E-state index contributed by atoms with van der Waals surface area (Å²) in [4.78, 5) is 15.7. The van der Waals surface area contributed by atoms with E-state index in [0.29, 0.717) is 6.54 Å². The molecule has 4 heteroatoms. The average molecular weight is 384 g/mol. The molecule has 0 bridgehead atoms. The lowest BCUT2D eigenvalue weighted by Crippen LogP contribution is -2.27. The Bertz CT molecular complexity index is 702. The molecule has 4 nitrogen and oxygen atoms in total. The highest BCUT2D eigenvalue weighted by Crippen LogP contribution is 2.13. The molecule has 0 aliphatic heterocycles. The second-order valence-corrected chi connectivity index (χ2v) is 7.70. The smallest absolute Gasteiger partial charge is 0.327 e. The monoisotopic (exact) mass is 383 g/mol. The normalized spacial score (nSPS) is 12.8. The molecule has 1 rings (SSSR count). The minimum Gasteiger partial charge on any atom is -0.334 e. The summed E-state index contributed by atoms with van der Waals surface area (Å²) >= 11 is 0. The van der Waals surface area contributed by atoms with Gasteiger partial charge in [-0.2, -0.15) is 0 Å². The van der Waals surface area contributed by atoms with Gasteiger partial charge in [0.25, 0.3) is 0 Å². The van der Waals surface area contributed by atoms with Crippen LogP contribution in [0.3, 0.4) is 0 Å². The highest BCUT2D eigenvalue weighted by atomic mass is 16.2. The van der Waals surface area contributed by atoms with Gasteiger partial charge in [0.05, 0.1) is 0 Å². The highest BCUT2D eigenvalue weighted by molar-refractivity contribution is 5.76. The van der Waals surface area contributed by atoms with Crippen molar-refractivity contribution in [3.05, 3.63) is 65.3 Å². The van der Waals surface area contributed by atoms with Gasteiger partial charge in [-0.3, -0.25) is 4.57 Å². The van der Waals surface area contributed by atoms with E-state index >= 15 is 0 Å². The number of aromatic nitrogens is 2. The second-order valence-electron chi connectivity index (χ2n) is 7.70. The number of carbonyl (C=O) groups is 1. The number of nitrogens with one attached hydrogen (secondary N) is 1. The van der Waals surface area contributed by atoms with Crippen molar-refractivity contribution in [2.75, 3.05) is 6.54 Å². The Labute approximate surface area is 171 Å². The van der Waals surface area contributed by atoms with Gasteiger partial charge in [0.2, 0.25) is 0 Å². The predicted molar refractivity (Wildman–Crippen MR) is 119 cm³/mol. The summed E-state index contributed by atoms with van der Waals surface area (Å²) in [6.07, 6.45) is 20.5. The Morgan fingerprint density at radius 2 is 1.39 bits per heavy atom. The summed E-state index contributed by atoms with van der Waals surface area (Å²) < 4.78 is 1.44. The SMILES string of the molecule is CC(C)=CCC/C(C)=C/CC/C(C)=C/CC/C(C)=C/CNC(=O)n1ccnc1. The first kappa shape index (κ1) is 23.7. The fourth-order valence-electron chi connectivity index (χ4n) is 2.77. The minimum absolute atomic E-state index is 0.151. The molecule has 0 radical (unpaired) electrons. The Balaban J connectivity index is 2.22. The molecule has 1 aromatic rings. The molecule has 0 saturated carbocycles. The predicted octanol–water partition coefficient (Wildman–Crippen LogP) is 6.59. The molecule has 0 aliphatic carbocycles. The zero-order valence-electron chi connectivity index (χ0n) is 18.3. The van der Waals surface area contributed by atoms with Crippen LogP contribution in [0.5, 0.6) is 0 Å². The van der Waals surface area contributed by atoms with Crippen LogP contribution in [0.2, 0.25) is 0 Å². The molecular formula is C24H37N3O. The lowest BCUT2D eigenvalue weighted by Gasteiger charge is -2.04. The van der Waals surface area contributed by atoms with Gasteiger partial charge in [0, 0.05) is 18.9 Å². The van der Waals surface area contributed by atoms with Crippen LogP contribution in [0.25, 0.3) is 0 Å². The van der Waals surface area contributed by atoms with Crippen molar-refractivity contribution in [1.29, 1.82) is 0 Å². The molecule has 154 valence electrons. The van der Waals surface area contributed by atoms with Crippen molar-refractivity contribution in [3.8, 4) is 0 Å². The molecule has 0 fully saturated rings. The van der Waals surface area contributed by atoms with E-state index in [2.05, 4.69) is 69.2 Å². The highest BCUT2D eigenvalue weighted by Gasteiger charge is 2.00. The second kappa shape index (κ2) is 13.8. The molecule has 28 heavy (non-hydrogen) atoms. The number of carbonyl (C=O) groups excluding carboxylic acids is 1. The van der Waals surface area contributed by atoms with Gasteiger partial charge in [-0.15, -0.1) is 0 Å². The first-order valence-corrected chi connectivity index (χ1v) is 10.2. The van der Waals surface area contributed by atoms with Crippen LogP contribution >= 0.6 is 0 Å². The Morgan fingerprint density at radius 3 is 1.89 bits per heavy atom. The molecule has 0 atom stereocenters. The van der Waals surface area contributed by atoms with E-state index in [1.807, 2.05) is 0 Å². The van der Waals surface area contributed by atoms with Crippen molar-refractivity contribution in [1.82, 2.24) is 14.9 Å². The van der Waals surface area contributed by atoms with E-state index in [1.54, 1.807) is 12.4 Å². The molecular weight excluding hydrogens is 346 g/mol. The topological polar surface area (TPSA) is 46.9 Å². The zero-order chi connectivity index (χ0) is 20.8. The number of hydrogen-bond acceptors (Lipinski definition) is 2. The zero-order valence-corrected chi connectivity index (χ0v) is 18.3. The minimum atomic E-state index is -0.151. The van der Waals surface area contributed by atoms with Crippen molar-refractivity contribution in [2.45, 2.75) is 73.1 Å². The molecule has 0 unspecified atom stereocenters. The summed E-state index contributed by atoms with van der Waals surface area (Å²) in [7, 11) is 0. The summed E-state index contributed by atoms with van der Waals surface area (Å²) in [6, 6.07) is -0.151. The van der Waals surface area contributed by atoms with Crippen LogP contribution in [0.15, 0.2) is 65.3 Å². The third-order valence-electron chi connectivity index (χ3n) is 4.60. The van der Waals surface area contributed by atoms with Crippen LogP contribution in [-0.4, -0.2) is 22.1 Å². The number of hydrogen-bond donors (Lipinski definition) is 1. The molecule has 0 aliphatic rings. The Morgan fingerprint density at radius 1 is 0.857 bits per heavy atom. The third-order valence-corrected chi connectivity index (χ3v) is 4.60. The molecule has 0 spiro atoms. The van der Waals surface area contributed by atoms with Crippen molar-refractivity contribution in [2.24, 2.45) is 0 Å². The fourth-order valence-corrected chi connectivity index (χ4v) is 2.77. The van der Waals surface area contributed by atoms with Crippen LogP contribution in [0.1, 0.15) is 73.1 Å². The van der Waals surface area contributed by atoms with E-state index in [0.717, 1.165) is 38.5 Å². The maximum Gasteiger partial charge on any atom is 0.327 e. The van der Waals surface area contributed by atoms with Gasteiger partial charge < -0.3 is 5.32 Å². The molecule has 1 heterocycles. The van der Waals surface area contributed by atoms with Gasteiger partial charge in [0.15, 0.2) is 0 Å².